The largest absolute Gasteiger partial charge is 0.341 e. The standard InChI is InChI=1S/C10H12O4/c1-8(11)10(13-2,14-12)9-6-4-3-5-7-9/h3-7,12H,1-2H3. The summed E-state index contributed by atoms with van der Waals surface area (Å²) < 4.78 is 4.91. The van der Waals surface area contributed by atoms with Crippen LogP contribution in [-0.2, 0) is 20.2 Å². The molecule has 0 saturated carbocycles. The summed E-state index contributed by atoms with van der Waals surface area (Å²) in [5.74, 6) is -2.13. The molecule has 1 aromatic carbocycles. The molecule has 0 heterocycles. The second-order valence-electron chi connectivity index (χ2n) is 2.83. The lowest BCUT2D eigenvalue weighted by Crippen LogP contribution is -2.38. The van der Waals surface area contributed by atoms with Crippen molar-refractivity contribution < 1.29 is 19.7 Å². The predicted molar refractivity (Wildman–Crippen MR) is 49.5 cm³/mol. The molecule has 0 bridgehead atoms. The third-order valence-corrected chi connectivity index (χ3v) is 2.03. The van der Waals surface area contributed by atoms with Crippen LogP contribution in [0.3, 0.4) is 0 Å². The van der Waals surface area contributed by atoms with E-state index in [0.717, 1.165) is 0 Å². The molecule has 4 heteroatoms. The summed E-state index contributed by atoms with van der Waals surface area (Å²) in [6.07, 6.45) is 0. The van der Waals surface area contributed by atoms with Crippen molar-refractivity contribution in [1.29, 1.82) is 0 Å². The van der Waals surface area contributed by atoms with Crippen LogP contribution in [-0.4, -0.2) is 18.2 Å². The van der Waals surface area contributed by atoms with Crippen molar-refractivity contribution in [3.05, 3.63) is 35.9 Å². The van der Waals surface area contributed by atoms with Crippen LogP contribution in [0.15, 0.2) is 30.3 Å². The molecule has 1 N–H and O–H groups in total. The topological polar surface area (TPSA) is 55.8 Å². The summed E-state index contributed by atoms with van der Waals surface area (Å²) in [7, 11) is 1.30. The monoisotopic (exact) mass is 196 g/mol. The highest BCUT2D eigenvalue weighted by molar-refractivity contribution is 5.84. The van der Waals surface area contributed by atoms with Gasteiger partial charge in [-0.25, -0.2) is 5.26 Å². The SMILES string of the molecule is COC(OO)(C(C)=O)c1ccccc1. The molecule has 14 heavy (non-hydrogen) atoms. The molecule has 0 aliphatic carbocycles. The molecule has 0 radical (unpaired) electrons. The van der Waals surface area contributed by atoms with Crippen LogP contribution in [0.1, 0.15) is 12.5 Å². The highest BCUT2D eigenvalue weighted by atomic mass is 17.1. The third kappa shape index (κ3) is 1.68. The van der Waals surface area contributed by atoms with Crippen molar-refractivity contribution in [3.63, 3.8) is 0 Å². The Kier molecular flexibility index (Phi) is 3.35. The summed E-state index contributed by atoms with van der Waals surface area (Å²) in [5.41, 5.74) is 0.456. The molecule has 4 nitrogen and oxygen atoms in total. The Morgan fingerprint density at radius 3 is 2.29 bits per heavy atom. The predicted octanol–water partition coefficient (Wildman–Crippen LogP) is 1.56. The Hall–Kier alpha value is -1.23. The van der Waals surface area contributed by atoms with E-state index >= 15 is 0 Å². The van der Waals surface area contributed by atoms with Gasteiger partial charge in [-0.1, -0.05) is 30.3 Å². The van der Waals surface area contributed by atoms with Crippen LogP contribution in [0, 0.1) is 0 Å². The zero-order valence-electron chi connectivity index (χ0n) is 8.06. The van der Waals surface area contributed by atoms with Gasteiger partial charge in [0.1, 0.15) is 0 Å². The van der Waals surface area contributed by atoms with Crippen molar-refractivity contribution in [1.82, 2.24) is 0 Å². The van der Waals surface area contributed by atoms with Crippen LogP contribution < -0.4 is 0 Å². The summed E-state index contributed by atoms with van der Waals surface area (Å²) in [6.45, 7) is 1.28. The first-order chi connectivity index (χ1) is 6.67. The Balaban J connectivity index is 3.18. The van der Waals surface area contributed by atoms with Gasteiger partial charge in [-0.05, 0) is 0 Å². The van der Waals surface area contributed by atoms with E-state index in [4.69, 9.17) is 9.99 Å². The average molecular weight is 196 g/mol. The highest BCUT2D eigenvalue weighted by Gasteiger charge is 2.39. The smallest absolute Gasteiger partial charge is 0.286 e. The molecule has 0 saturated heterocycles. The van der Waals surface area contributed by atoms with E-state index in [1.54, 1.807) is 30.3 Å². The van der Waals surface area contributed by atoms with Gasteiger partial charge in [-0.3, -0.25) is 4.79 Å². The number of methoxy groups -OCH3 is 1. The van der Waals surface area contributed by atoms with Gasteiger partial charge >= 0.3 is 0 Å². The first kappa shape index (κ1) is 10.8. The molecule has 0 aliphatic rings. The molecule has 1 rings (SSSR count). The van der Waals surface area contributed by atoms with Crippen molar-refractivity contribution >= 4 is 5.78 Å². The molecule has 0 fully saturated rings. The van der Waals surface area contributed by atoms with Gasteiger partial charge in [0, 0.05) is 19.6 Å². The second kappa shape index (κ2) is 4.32. The van der Waals surface area contributed by atoms with Gasteiger partial charge in [0.05, 0.1) is 0 Å². The summed E-state index contributed by atoms with van der Waals surface area (Å²) in [6, 6.07) is 8.53. The van der Waals surface area contributed by atoms with Gasteiger partial charge in [-0.15, -0.1) is 0 Å². The maximum atomic E-state index is 11.3. The summed E-state index contributed by atoms with van der Waals surface area (Å²) >= 11 is 0. The van der Waals surface area contributed by atoms with E-state index in [2.05, 4.69) is 4.89 Å². The first-order valence-electron chi connectivity index (χ1n) is 4.11. The average Bonchev–Trinajstić information content (AvgIpc) is 2.22. The normalized spacial score (nSPS) is 14.8. The lowest BCUT2D eigenvalue weighted by Gasteiger charge is -2.25. The number of hydrogen-bond donors (Lipinski definition) is 1. The van der Waals surface area contributed by atoms with E-state index < -0.39 is 11.6 Å². The van der Waals surface area contributed by atoms with Gasteiger partial charge in [0.15, 0.2) is 5.78 Å². The molecular formula is C10H12O4. The zero-order chi connectivity index (χ0) is 10.6. The molecule has 0 spiro atoms. The van der Waals surface area contributed by atoms with Crippen LogP contribution in [0.2, 0.25) is 0 Å². The van der Waals surface area contributed by atoms with E-state index in [0.29, 0.717) is 5.56 Å². The van der Waals surface area contributed by atoms with E-state index in [1.165, 1.54) is 14.0 Å². The Morgan fingerprint density at radius 2 is 1.93 bits per heavy atom. The van der Waals surface area contributed by atoms with E-state index in [1.807, 2.05) is 0 Å². The molecule has 0 aliphatic heterocycles. The van der Waals surface area contributed by atoms with E-state index in [-0.39, 0.29) is 0 Å². The Bertz CT molecular complexity index is 303. The fraction of sp³-hybridized carbons (Fsp3) is 0.300. The van der Waals surface area contributed by atoms with Crippen LogP contribution in [0.25, 0.3) is 0 Å². The zero-order valence-corrected chi connectivity index (χ0v) is 8.06. The number of Topliss-reactive ketones (excluding diaryl/α,β-unsaturated/α-hetero) is 1. The number of benzene rings is 1. The molecular weight excluding hydrogens is 184 g/mol. The van der Waals surface area contributed by atoms with Crippen molar-refractivity contribution in [2.45, 2.75) is 12.7 Å². The number of carbonyl (C=O) groups excluding carboxylic acids is 1. The number of hydrogen-bond acceptors (Lipinski definition) is 4. The number of ether oxygens (including phenoxy) is 1. The Morgan fingerprint density at radius 1 is 1.36 bits per heavy atom. The lowest BCUT2D eigenvalue weighted by molar-refractivity contribution is -0.387. The molecule has 1 atom stereocenters. The molecule has 0 amide bonds. The maximum absolute atomic E-state index is 11.3. The van der Waals surface area contributed by atoms with Crippen LogP contribution in [0.5, 0.6) is 0 Å². The Labute approximate surface area is 82.0 Å². The van der Waals surface area contributed by atoms with Gasteiger partial charge in [0.2, 0.25) is 0 Å². The third-order valence-electron chi connectivity index (χ3n) is 2.03. The number of ketones is 1. The first-order valence-corrected chi connectivity index (χ1v) is 4.11. The number of rotatable bonds is 4. The molecule has 0 aromatic heterocycles. The lowest BCUT2D eigenvalue weighted by atomic mass is 10.0. The second-order valence-corrected chi connectivity index (χ2v) is 2.83. The van der Waals surface area contributed by atoms with Gasteiger partial charge < -0.3 is 4.74 Å². The minimum atomic E-state index is -1.71. The van der Waals surface area contributed by atoms with Crippen molar-refractivity contribution in [2.24, 2.45) is 0 Å². The fourth-order valence-electron chi connectivity index (χ4n) is 1.28. The van der Waals surface area contributed by atoms with Gasteiger partial charge in [0.25, 0.3) is 5.79 Å². The number of carbonyl (C=O) groups is 1. The van der Waals surface area contributed by atoms with E-state index in [9.17, 15) is 4.79 Å². The molecule has 1 unspecified atom stereocenters. The minimum Gasteiger partial charge on any atom is -0.341 e. The minimum absolute atomic E-state index is 0.422. The maximum Gasteiger partial charge on any atom is 0.286 e. The van der Waals surface area contributed by atoms with Gasteiger partial charge in [-0.2, -0.15) is 4.89 Å². The fourth-order valence-corrected chi connectivity index (χ4v) is 1.28. The molecule has 1 aromatic rings. The quantitative estimate of drug-likeness (QED) is 0.451. The summed E-state index contributed by atoms with van der Waals surface area (Å²) in [5, 5.41) is 8.75. The van der Waals surface area contributed by atoms with Crippen LogP contribution in [0.4, 0.5) is 0 Å². The molecule has 76 valence electrons. The van der Waals surface area contributed by atoms with Crippen molar-refractivity contribution in [3.8, 4) is 0 Å². The summed E-state index contributed by atoms with van der Waals surface area (Å²) in [4.78, 5) is 15.5. The van der Waals surface area contributed by atoms with Crippen molar-refractivity contribution in [2.75, 3.05) is 7.11 Å². The van der Waals surface area contributed by atoms with Crippen LogP contribution >= 0.6 is 0 Å². The highest BCUT2D eigenvalue weighted by Crippen LogP contribution is 2.26.